The molecule has 1 aromatic carbocycles. The lowest BCUT2D eigenvalue weighted by Gasteiger charge is -2.27. The highest BCUT2D eigenvalue weighted by Crippen LogP contribution is 2.24. The van der Waals surface area contributed by atoms with Gasteiger partial charge in [0.15, 0.2) is 0 Å². The number of ether oxygens (including phenoxy) is 2. The van der Waals surface area contributed by atoms with Gasteiger partial charge in [-0.1, -0.05) is 19.1 Å². The van der Waals surface area contributed by atoms with E-state index in [2.05, 4.69) is 23.6 Å². The van der Waals surface area contributed by atoms with Crippen molar-refractivity contribution in [3.05, 3.63) is 29.3 Å². The monoisotopic (exact) mass is 398 g/mol. The summed E-state index contributed by atoms with van der Waals surface area (Å²) < 4.78 is 11.2. The van der Waals surface area contributed by atoms with E-state index in [1.165, 1.54) is 12.8 Å². The van der Waals surface area contributed by atoms with Gasteiger partial charge in [-0.2, -0.15) is 0 Å². The molecule has 0 radical (unpaired) electrons. The van der Waals surface area contributed by atoms with E-state index < -0.39 is 0 Å². The first-order chi connectivity index (χ1) is 12.6. The van der Waals surface area contributed by atoms with Gasteiger partial charge in [0.2, 0.25) is 5.91 Å². The van der Waals surface area contributed by atoms with E-state index >= 15 is 0 Å². The predicted molar refractivity (Wildman–Crippen MR) is 112 cm³/mol. The number of hydrogen-bond acceptors (Lipinski definition) is 4. The van der Waals surface area contributed by atoms with Crippen LogP contribution in [0.4, 0.5) is 0 Å². The van der Waals surface area contributed by atoms with Crippen molar-refractivity contribution >= 4 is 18.3 Å². The van der Waals surface area contributed by atoms with Crippen LogP contribution < -0.4 is 15.4 Å². The Morgan fingerprint density at radius 3 is 2.74 bits per heavy atom. The van der Waals surface area contributed by atoms with Crippen molar-refractivity contribution in [1.82, 2.24) is 10.6 Å². The minimum absolute atomic E-state index is 0. The van der Waals surface area contributed by atoms with Gasteiger partial charge in [-0.25, -0.2) is 0 Å². The number of piperidine rings is 1. The summed E-state index contributed by atoms with van der Waals surface area (Å²) in [6.45, 7) is 10.6. The molecule has 1 fully saturated rings. The van der Waals surface area contributed by atoms with Gasteiger partial charge < -0.3 is 20.1 Å². The van der Waals surface area contributed by atoms with Crippen LogP contribution >= 0.6 is 12.4 Å². The largest absolute Gasteiger partial charge is 0.491 e. The second-order valence-corrected chi connectivity index (χ2v) is 7.20. The second-order valence-electron chi connectivity index (χ2n) is 7.20. The highest BCUT2D eigenvalue weighted by atomic mass is 35.5. The van der Waals surface area contributed by atoms with Gasteiger partial charge in [0.1, 0.15) is 12.4 Å². The van der Waals surface area contributed by atoms with Gasteiger partial charge in [0, 0.05) is 25.1 Å². The zero-order valence-electron chi connectivity index (χ0n) is 16.9. The van der Waals surface area contributed by atoms with E-state index in [1.807, 2.05) is 26.0 Å². The Morgan fingerprint density at radius 1 is 1.30 bits per heavy atom. The minimum Gasteiger partial charge on any atom is -0.491 e. The lowest BCUT2D eigenvalue weighted by molar-refractivity contribution is -0.122. The van der Waals surface area contributed by atoms with E-state index in [0.717, 1.165) is 30.0 Å². The zero-order valence-corrected chi connectivity index (χ0v) is 17.7. The fourth-order valence-corrected chi connectivity index (χ4v) is 3.44. The average molecular weight is 399 g/mol. The first-order valence-corrected chi connectivity index (χ1v) is 9.87. The lowest BCUT2D eigenvalue weighted by atomic mass is 9.84. The summed E-state index contributed by atoms with van der Waals surface area (Å²) in [5.74, 6) is 2.03. The van der Waals surface area contributed by atoms with Crippen LogP contribution in [0.1, 0.15) is 44.2 Å². The van der Waals surface area contributed by atoms with Gasteiger partial charge >= 0.3 is 0 Å². The fourth-order valence-electron chi connectivity index (χ4n) is 3.44. The number of nitrogens with one attached hydrogen (secondary N) is 2. The van der Waals surface area contributed by atoms with E-state index in [0.29, 0.717) is 44.6 Å². The molecule has 27 heavy (non-hydrogen) atoms. The molecule has 2 rings (SSSR count). The van der Waals surface area contributed by atoms with Gasteiger partial charge in [-0.3, -0.25) is 4.79 Å². The summed E-state index contributed by atoms with van der Waals surface area (Å²) in [6.07, 6.45) is 2.94. The Bertz CT molecular complexity index is 562. The molecule has 0 aliphatic carbocycles. The maximum atomic E-state index is 12.4. The molecule has 1 aliphatic heterocycles. The van der Waals surface area contributed by atoms with E-state index in [4.69, 9.17) is 9.47 Å². The molecule has 0 bridgehead atoms. The third-order valence-corrected chi connectivity index (χ3v) is 5.08. The Labute approximate surface area is 170 Å². The van der Waals surface area contributed by atoms with Crippen LogP contribution in [0, 0.1) is 18.8 Å². The standard InChI is InChI=1S/C21H34N2O3.ClH/c1-4-25-11-12-26-20-13-16(2)5-6-19(20)15-23-21(24)14-17(3)18-7-9-22-10-8-18;/h5-6,13,17-18,22H,4,7-12,14-15H2,1-3H3,(H,23,24);1H. The van der Waals surface area contributed by atoms with E-state index in [1.54, 1.807) is 0 Å². The quantitative estimate of drug-likeness (QED) is 0.592. The van der Waals surface area contributed by atoms with Crippen molar-refractivity contribution in [2.24, 2.45) is 11.8 Å². The third kappa shape index (κ3) is 8.50. The molecule has 5 nitrogen and oxygen atoms in total. The summed E-state index contributed by atoms with van der Waals surface area (Å²) in [6, 6.07) is 6.10. The molecule has 154 valence electrons. The smallest absolute Gasteiger partial charge is 0.220 e. The molecule has 1 amide bonds. The molecule has 1 heterocycles. The minimum atomic E-state index is 0. The Kier molecular flexibility index (Phi) is 11.4. The third-order valence-electron chi connectivity index (χ3n) is 5.08. The van der Waals surface area contributed by atoms with Crippen LogP contribution in [0.2, 0.25) is 0 Å². The number of halogens is 1. The summed E-state index contributed by atoms with van der Waals surface area (Å²) >= 11 is 0. The molecular weight excluding hydrogens is 364 g/mol. The van der Waals surface area contributed by atoms with Crippen LogP contribution in [0.15, 0.2) is 18.2 Å². The van der Waals surface area contributed by atoms with Gasteiger partial charge in [0.05, 0.1) is 6.61 Å². The van der Waals surface area contributed by atoms with E-state index in [9.17, 15) is 4.79 Å². The molecule has 1 saturated heterocycles. The molecule has 0 spiro atoms. The zero-order chi connectivity index (χ0) is 18.8. The highest BCUT2D eigenvalue weighted by Gasteiger charge is 2.22. The Morgan fingerprint density at radius 2 is 2.04 bits per heavy atom. The lowest BCUT2D eigenvalue weighted by Crippen LogP contribution is -2.33. The van der Waals surface area contributed by atoms with Crippen molar-refractivity contribution in [2.45, 2.75) is 46.6 Å². The molecule has 1 unspecified atom stereocenters. The van der Waals surface area contributed by atoms with Crippen LogP contribution in [-0.2, 0) is 16.1 Å². The van der Waals surface area contributed by atoms with E-state index in [-0.39, 0.29) is 18.3 Å². The molecule has 0 saturated carbocycles. The number of carbonyl (C=O) groups is 1. The van der Waals surface area contributed by atoms with Crippen molar-refractivity contribution in [1.29, 1.82) is 0 Å². The molecule has 2 N–H and O–H groups in total. The number of rotatable bonds is 10. The van der Waals surface area contributed by atoms with Crippen molar-refractivity contribution in [3.8, 4) is 5.75 Å². The second kappa shape index (κ2) is 13.0. The number of carbonyl (C=O) groups excluding carboxylic acids is 1. The molecular formula is C21H35ClN2O3. The van der Waals surface area contributed by atoms with Crippen LogP contribution in [-0.4, -0.2) is 38.8 Å². The maximum Gasteiger partial charge on any atom is 0.220 e. The first-order valence-electron chi connectivity index (χ1n) is 9.87. The maximum absolute atomic E-state index is 12.4. The highest BCUT2D eigenvalue weighted by molar-refractivity contribution is 5.85. The fraction of sp³-hybridized carbons (Fsp3) is 0.667. The number of amides is 1. The topological polar surface area (TPSA) is 59.6 Å². The molecule has 1 aliphatic rings. The summed E-state index contributed by atoms with van der Waals surface area (Å²) in [4.78, 5) is 12.4. The Hall–Kier alpha value is -1.30. The Balaban J connectivity index is 0.00000364. The molecule has 6 heteroatoms. The molecule has 0 aromatic heterocycles. The SMILES string of the molecule is CCOCCOc1cc(C)ccc1CNC(=O)CC(C)C1CCNCC1.Cl. The van der Waals surface area contributed by atoms with Crippen molar-refractivity contribution in [2.75, 3.05) is 32.9 Å². The summed E-state index contributed by atoms with van der Waals surface area (Å²) in [5.41, 5.74) is 2.15. The number of hydrogen-bond donors (Lipinski definition) is 2. The van der Waals surface area contributed by atoms with Gasteiger partial charge in [-0.05, 0) is 63.2 Å². The van der Waals surface area contributed by atoms with Crippen LogP contribution in [0.5, 0.6) is 5.75 Å². The van der Waals surface area contributed by atoms with Crippen LogP contribution in [0.25, 0.3) is 0 Å². The van der Waals surface area contributed by atoms with Crippen molar-refractivity contribution < 1.29 is 14.3 Å². The summed E-state index contributed by atoms with van der Waals surface area (Å²) in [5, 5.41) is 6.45. The normalized spacial score (nSPS) is 15.7. The van der Waals surface area contributed by atoms with Crippen LogP contribution in [0.3, 0.4) is 0 Å². The van der Waals surface area contributed by atoms with Crippen molar-refractivity contribution in [3.63, 3.8) is 0 Å². The van der Waals surface area contributed by atoms with Gasteiger partial charge in [0.25, 0.3) is 0 Å². The van der Waals surface area contributed by atoms with Gasteiger partial charge in [-0.15, -0.1) is 12.4 Å². The molecule has 1 atom stereocenters. The number of benzene rings is 1. The first kappa shape index (κ1) is 23.7. The average Bonchev–Trinajstić information content (AvgIpc) is 2.65. The molecule has 1 aromatic rings. The number of aryl methyl sites for hydroxylation is 1. The summed E-state index contributed by atoms with van der Waals surface area (Å²) in [7, 11) is 0. The predicted octanol–water partition coefficient (Wildman–Crippen LogP) is 3.47.